The van der Waals surface area contributed by atoms with E-state index in [2.05, 4.69) is 30.3 Å². The van der Waals surface area contributed by atoms with Crippen molar-refractivity contribution in [3.8, 4) is 17.0 Å². The Bertz CT molecular complexity index is 1170. The molecule has 158 valence electrons. The molecular weight excluding hydrogens is 406 g/mol. The Morgan fingerprint density at radius 1 is 1.16 bits per heavy atom. The van der Waals surface area contributed by atoms with E-state index in [4.69, 9.17) is 0 Å². The first-order valence-electron chi connectivity index (χ1n) is 9.33. The fraction of sp³-hybridized carbons (Fsp3) is 0.143. The third kappa shape index (κ3) is 5.10. The number of halogens is 2. The van der Waals surface area contributed by atoms with E-state index < -0.39 is 12.5 Å². The van der Waals surface area contributed by atoms with Gasteiger partial charge in [0.25, 0.3) is 5.91 Å². The van der Waals surface area contributed by atoms with Gasteiger partial charge in [-0.2, -0.15) is 13.9 Å². The Hall–Kier alpha value is -4.08. The Labute approximate surface area is 175 Å². The SMILES string of the molecule is Cc1ccc(Cn2cnc(NC(=O)c3cc(-c4ccc(OC(F)F)cc4)n[nH]3)n2)cc1. The van der Waals surface area contributed by atoms with Crippen LogP contribution in [0.1, 0.15) is 21.6 Å². The highest BCUT2D eigenvalue weighted by Gasteiger charge is 2.14. The van der Waals surface area contributed by atoms with E-state index in [0.29, 0.717) is 17.8 Å². The smallest absolute Gasteiger partial charge is 0.387 e. The second kappa shape index (κ2) is 8.74. The van der Waals surface area contributed by atoms with Crippen molar-refractivity contribution in [2.45, 2.75) is 20.1 Å². The number of aromatic nitrogens is 5. The average molecular weight is 424 g/mol. The van der Waals surface area contributed by atoms with Crippen molar-refractivity contribution in [3.05, 3.63) is 77.7 Å². The third-order valence-corrected chi connectivity index (χ3v) is 4.42. The number of nitrogens with one attached hydrogen (secondary N) is 2. The highest BCUT2D eigenvalue weighted by molar-refractivity contribution is 6.02. The predicted molar refractivity (Wildman–Crippen MR) is 109 cm³/mol. The lowest BCUT2D eigenvalue weighted by Crippen LogP contribution is -2.14. The lowest BCUT2D eigenvalue weighted by atomic mass is 10.1. The fourth-order valence-corrected chi connectivity index (χ4v) is 2.87. The van der Waals surface area contributed by atoms with Gasteiger partial charge in [-0.1, -0.05) is 29.8 Å². The van der Waals surface area contributed by atoms with Gasteiger partial charge in [0.15, 0.2) is 0 Å². The average Bonchev–Trinajstić information content (AvgIpc) is 3.40. The van der Waals surface area contributed by atoms with Crippen molar-refractivity contribution in [1.29, 1.82) is 0 Å². The van der Waals surface area contributed by atoms with Gasteiger partial charge in [0.05, 0.1) is 12.2 Å². The van der Waals surface area contributed by atoms with Gasteiger partial charge in [-0.05, 0) is 42.8 Å². The second-order valence-electron chi connectivity index (χ2n) is 6.78. The van der Waals surface area contributed by atoms with Crippen LogP contribution in [0.25, 0.3) is 11.3 Å². The quantitative estimate of drug-likeness (QED) is 0.469. The van der Waals surface area contributed by atoms with Gasteiger partial charge in [0, 0.05) is 5.56 Å². The van der Waals surface area contributed by atoms with Crippen LogP contribution in [0.5, 0.6) is 5.75 Å². The lowest BCUT2D eigenvalue weighted by molar-refractivity contribution is -0.0498. The van der Waals surface area contributed by atoms with Crippen LogP contribution >= 0.6 is 0 Å². The topological polar surface area (TPSA) is 97.7 Å². The zero-order chi connectivity index (χ0) is 21.8. The van der Waals surface area contributed by atoms with Crippen LogP contribution in [-0.4, -0.2) is 37.5 Å². The summed E-state index contributed by atoms with van der Waals surface area (Å²) in [5, 5.41) is 13.6. The van der Waals surface area contributed by atoms with Crippen molar-refractivity contribution in [2.75, 3.05) is 5.32 Å². The molecule has 4 aromatic rings. The molecule has 2 N–H and O–H groups in total. The summed E-state index contributed by atoms with van der Waals surface area (Å²) in [6, 6.07) is 15.5. The largest absolute Gasteiger partial charge is 0.435 e. The van der Waals surface area contributed by atoms with Crippen molar-refractivity contribution in [1.82, 2.24) is 25.0 Å². The van der Waals surface area contributed by atoms with Crippen LogP contribution in [0, 0.1) is 6.92 Å². The molecule has 2 heterocycles. The molecule has 0 saturated carbocycles. The molecule has 0 radical (unpaired) electrons. The lowest BCUT2D eigenvalue weighted by Gasteiger charge is -2.04. The number of carbonyl (C=O) groups is 1. The number of hydrogen-bond donors (Lipinski definition) is 2. The minimum atomic E-state index is -2.89. The van der Waals surface area contributed by atoms with Gasteiger partial charge in [-0.3, -0.25) is 15.2 Å². The number of nitrogens with zero attached hydrogens (tertiary/aromatic N) is 4. The van der Waals surface area contributed by atoms with E-state index in [0.717, 1.165) is 5.56 Å². The van der Waals surface area contributed by atoms with Crippen LogP contribution in [0.2, 0.25) is 0 Å². The molecule has 0 fully saturated rings. The number of rotatable bonds is 7. The number of ether oxygens (including phenoxy) is 1. The van der Waals surface area contributed by atoms with Crippen molar-refractivity contribution >= 4 is 11.9 Å². The molecule has 0 aliphatic rings. The Morgan fingerprint density at radius 2 is 1.90 bits per heavy atom. The highest BCUT2D eigenvalue weighted by atomic mass is 19.3. The number of carbonyl (C=O) groups excluding carboxylic acids is 1. The molecule has 31 heavy (non-hydrogen) atoms. The molecule has 0 aliphatic carbocycles. The van der Waals surface area contributed by atoms with Gasteiger partial charge in [0.2, 0.25) is 5.95 Å². The van der Waals surface area contributed by atoms with Gasteiger partial charge < -0.3 is 4.74 Å². The molecule has 0 spiro atoms. The number of benzene rings is 2. The number of aromatic amines is 1. The number of H-pyrrole nitrogens is 1. The van der Waals surface area contributed by atoms with E-state index in [1.165, 1.54) is 24.0 Å². The molecule has 0 aliphatic heterocycles. The summed E-state index contributed by atoms with van der Waals surface area (Å²) >= 11 is 0. The van der Waals surface area contributed by atoms with Crippen molar-refractivity contribution in [3.63, 3.8) is 0 Å². The Morgan fingerprint density at radius 3 is 2.61 bits per heavy atom. The van der Waals surface area contributed by atoms with E-state index in [1.807, 2.05) is 31.2 Å². The third-order valence-electron chi connectivity index (χ3n) is 4.42. The van der Waals surface area contributed by atoms with Crippen LogP contribution in [0.4, 0.5) is 14.7 Å². The van der Waals surface area contributed by atoms with Crippen LogP contribution in [-0.2, 0) is 6.54 Å². The highest BCUT2D eigenvalue weighted by Crippen LogP contribution is 2.22. The summed E-state index contributed by atoms with van der Waals surface area (Å²) in [6.45, 7) is -0.340. The molecule has 0 bridgehead atoms. The molecule has 8 nitrogen and oxygen atoms in total. The Balaban J connectivity index is 1.39. The summed E-state index contributed by atoms with van der Waals surface area (Å²) in [5.74, 6) is -0.245. The van der Waals surface area contributed by atoms with Gasteiger partial charge in [0.1, 0.15) is 17.8 Å². The number of alkyl halides is 2. The maximum Gasteiger partial charge on any atom is 0.387 e. The van der Waals surface area contributed by atoms with Crippen molar-refractivity contribution < 1.29 is 18.3 Å². The zero-order valence-electron chi connectivity index (χ0n) is 16.4. The molecule has 2 aromatic heterocycles. The van der Waals surface area contributed by atoms with E-state index in [1.54, 1.807) is 22.9 Å². The normalized spacial score (nSPS) is 11.0. The maximum atomic E-state index is 12.5. The fourth-order valence-electron chi connectivity index (χ4n) is 2.87. The first-order valence-corrected chi connectivity index (χ1v) is 9.33. The maximum absolute atomic E-state index is 12.5. The molecule has 0 atom stereocenters. The Kier molecular flexibility index (Phi) is 5.69. The first kappa shape index (κ1) is 20.2. The molecule has 0 saturated heterocycles. The van der Waals surface area contributed by atoms with E-state index in [-0.39, 0.29) is 17.4 Å². The molecule has 10 heteroatoms. The van der Waals surface area contributed by atoms with E-state index >= 15 is 0 Å². The number of amides is 1. The summed E-state index contributed by atoms with van der Waals surface area (Å²) < 4.78 is 30.4. The first-order chi connectivity index (χ1) is 15.0. The zero-order valence-corrected chi connectivity index (χ0v) is 16.4. The van der Waals surface area contributed by atoms with Gasteiger partial charge in [-0.15, -0.1) is 5.10 Å². The van der Waals surface area contributed by atoms with Gasteiger partial charge in [-0.25, -0.2) is 9.67 Å². The molecule has 0 unspecified atom stereocenters. The van der Waals surface area contributed by atoms with E-state index in [9.17, 15) is 13.6 Å². The van der Waals surface area contributed by atoms with Gasteiger partial charge >= 0.3 is 6.61 Å². The molecule has 2 aromatic carbocycles. The minimum Gasteiger partial charge on any atom is -0.435 e. The minimum absolute atomic E-state index is 0.0413. The van der Waals surface area contributed by atoms with Crippen molar-refractivity contribution in [2.24, 2.45) is 0 Å². The number of aryl methyl sites for hydroxylation is 1. The second-order valence-corrected chi connectivity index (χ2v) is 6.78. The van der Waals surface area contributed by atoms with Crippen LogP contribution < -0.4 is 10.1 Å². The monoisotopic (exact) mass is 424 g/mol. The standard InChI is InChI=1S/C21H18F2N6O2/c1-13-2-4-14(5-3-13)11-29-12-24-21(28-29)25-19(30)18-10-17(26-27-18)15-6-8-16(9-7-15)31-20(22)23/h2-10,12,20H,11H2,1H3,(H,26,27)(H,25,28,30). The molecule has 4 rings (SSSR count). The number of anilines is 1. The summed E-state index contributed by atoms with van der Waals surface area (Å²) in [6.07, 6.45) is 1.54. The number of hydrogen-bond acceptors (Lipinski definition) is 5. The molecule has 1 amide bonds. The van der Waals surface area contributed by atoms with Crippen LogP contribution in [0.3, 0.4) is 0 Å². The predicted octanol–water partition coefficient (Wildman–Crippen LogP) is 3.88. The summed E-state index contributed by atoms with van der Waals surface area (Å²) in [7, 11) is 0. The van der Waals surface area contributed by atoms with Crippen LogP contribution in [0.15, 0.2) is 60.9 Å². The molecular formula is C21H18F2N6O2. The summed E-state index contributed by atoms with van der Waals surface area (Å²) in [5.41, 5.74) is 3.56. The summed E-state index contributed by atoms with van der Waals surface area (Å²) in [4.78, 5) is 16.6.